The summed E-state index contributed by atoms with van der Waals surface area (Å²) in [6, 6.07) is 15.1. The molecule has 0 aliphatic heterocycles. The third-order valence-corrected chi connectivity index (χ3v) is 2.82. The van der Waals surface area contributed by atoms with E-state index < -0.39 is 0 Å². The standard InChI is InChI=1S/C15H14ClNO/c1-11-5-7-14(8-6-11)17-15(18)10-12-3-2-4-13(16)9-12/h2-9H,10H2,1H3,(H,17,18). The number of carbonyl (C=O) groups excluding carboxylic acids is 1. The highest BCUT2D eigenvalue weighted by Gasteiger charge is 2.04. The fourth-order valence-electron chi connectivity index (χ4n) is 1.67. The minimum Gasteiger partial charge on any atom is -0.326 e. The van der Waals surface area contributed by atoms with Crippen molar-refractivity contribution in [3.05, 3.63) is 64.7 Å². The molecule has 1 amide bonds. The number of hydrogen-bond acceptors (Lipinski definition) is 1. The second-order valence-corrected chi connectivity index (χ2v) is 4.66. The van der Waals surface area contributed by atoms with Crippen LogP contribution in [0, 0.1) is 6.92 Å². The molecule has 92 valence electrons. The number of aryl methyl sites for hydroxylation is 1. The minimum absolute atomic E-state index is 0.0406. The lowest BCUT2D eigenvalue weighted by molar-refractivity contribution is -0.115. The Morgan fingerprint density at radius 3 is 2.56 bits per heavy atom. The fourth-order valence-corrected chi connectivity index (χ4v) is 1.89. The Kier molecular flexibility index (Phi) is 4.00. The fraction of sp³-hybridized carbons (Fsp3) is 0.133. The van der Waals surface area contributed by atoms with Gasteiger partial charge in [0.25, 0.3) is 0 Å². The van der Waals surface area contributed by atoms with Gasteiger partial charge in [0.15, 0.2) is 0 Å². The number of nitrogens with one attached hydrogen (secondary N) is 1. The highest BCUT2D eigenvalue weighted by molar-refractivity contribution is 6.30. The summed E-state index contributed by atoms with van der Waals surface area (Å²) in [6.07, 6.45) is 0.328. The van der Waals surface area contributed by atoms with Gasteiger partial charge in [0.1, 0.15) is 0 Å². The lowest BCUT2D eigenvalue weighted by Crippen LogP contribution is -2.14. The summed E-state index contributed by atoms with van der Waals surface area (Å²) in [5, 5.41) is 3.50. The molecule has 1 N–H and O–H groups in total. The van der Waals surface area contributed by atoms with Crippen LogP contribution < -0.4 is 5.32 Å². The summed E-state index contributed by atoms with van der Waals surface area (Å²) in [7, 11) is 0. The van der Waals surface area contributed by atoms with E-state index in [0.29, 0.717) is 11.4 Å². The maximum Gasteiger partial charge on any atom is 0.228 e. The Labute approximate surface area is 112 Å². The quantitative estimate of drug-likeness (QED) is 0.892. The van der Waals surface area contributed by atoms with Crippen molar-refractivity contribution >= 4 is 23.2 Å². The predicted molar refractivity (Wildman–Crippen MR) is 75.0 cm³/mol. The Hall–Kier alpha value is -1.80. The SMILES string of the molecule is Cc1ccc(NC(=O)Cc2cccc(Cl)c2)cc1. The maximum atomic E-state index is 11.8. The lowest BCUT2D eigenvalue weighted by atomic mass is 10.1. The second-order valence-electron chi connectivity index (χ2n) is 4.22. The molecule has 2 rings (SSSR count). The van der Waals surface area contributed by atoms with Crippen molar-refractivity contribution < 1.29 is 4.79 Å². The van der Waals surface area contributed by atoms with Gasteiger partial charge in [0.05, 0.1) is 6.42 Å². The van der Waals surface area contributed by atoms with Crippen LogP contribution in [0.25, 0.3) is 0 Å². The highest BCUT2D eigenvalue weighted by atomic mass is 35.5. The zero-order valence-electron chi connectivity index (χ0n) is 10.1. The third-order valence-electron chi connectivity index (χ3n) is 2.59. The number of benzene rings is 2. The predicted octanol–water partition coefficient (Wildman–Crippen LogP) is 3.83. The zero-order valence-corrected chi connectivity index (χ0v) is 10.9. The molecule has 18 heavy (non-hydrogen) atoms. The summed E-state index contributed by atoms with van der Waals surface area (Å²) in [5.41, 5.74) is 2.89. The van der Waals surface area contributed by atoms with Crippen LogP contribution in [0.15, 0.2) is 48.5 Å². The van der Waals surface area contributed by atoms with Gasteiger partial charge >= 0.3 is 0 Å². The van der Waals surface area contributed by atoms with Crippen LogP contribution in [0.4, 0.5) is 5.69 Å². The minimum atomic E-state index is -0.0406. The van der Waals surface area contributed by atoms with Gasteiger partial charge in [-0.25, -0.2) is 0 Å². The van der Waals surface area contributed by atoms with Gasteiger partial charge < -0.3 is 5.32 Å². The molecule has 2 aromatic rings. The van der Waals surface area contributed by atoms with Gasteiger partial charge in [-0.1, -0.05) is 41.4 Å². The van der Waals surface area contributed by atoms with Crippen molar-refractivity contribution in [3.63, 3.8) is 0 Å². The number of anilines is 1. The number of halogens is 1. The monoisotopic (exact) mass is 259 g/mol. The van der Waals surface area contributed by atoms with Gasteiger partial charge in [-0.05, 0) is 36.8 Å². The van der Waals surface area contributed by atoms with Crippen LogP contribution in [0.3, 0.4) is 0 Å². The largest absolute Gasteiger partial charge is 0.326 e. The smallest absolute Gasteiger partial charge is 0.228 e. The van der Waals surface area contributed by atoms with E-state index in [1.54, 1.807) is 12.1 Å². The van der Waals surface area contributed by atoms with Gasteiger partial charge in [-0.3, -0.25) is 4.79 Å². The Bertz CT molecular complexity index is 549. The molecule has 0 bridgehead atoms. The van der Waals surface area contributed by atoms with E-state index >= 15 is 0 Å². The van der Waals surface area contributed by atoms with Crippen LogP contribution in [-0.4, -0.2) is 5.91 Å². The first-order chi connectivity index (χ1) is 8.63. The first-order valence-corrected chi connectivity index (χ1v) is 6.12. The molecule has 2 aromatic carbocycles. The van der Waals surface area contributed by atoms with Gasteiger partial charge in [0, 0.05) is 10.7 Å². The van der Waals surface area contributed by atoms with Crippen molar-refractivity contribution in [3.8, 4) is 0 Å². The zero-order chi connectivity index (χ0) is 13.0. The molecule has 0 aromatic heterocycles. The normalized spacial score (nSPS) is 10.1. The van der Waals surface area contributed by atoms with Crippen LogP contribution in [0.1, 0.15) is 11.1 Å². The van der Waals surface area contributed by atoms with Gasteiger partial charge in [0.2, 0.25) is 5.91 Å². The molecule has 0 aliphatic carbocycles. The van der Waals surface area contributed by atoms with Crippen molar-refractivity contribution in [1.29, 1.82) is 0 Å². The van der Waals surface area contributed by atoms with Gasteiger partial charge in [-0.15, -0.1) is 0 Å². The van der Waals surface area contributed by atoms with E-state index in [-0.39, 0.29) is 5.91 Å². The summed E-state index contributed by atoms with van der Waals surface area (Å²) in [6.45, 7) is 2.01. The highest BCUT2D eigenvalue weighted by Crippen LogP contribution is 2.13. The molecule has 0 unspecified atom stereocenters. The molecule has 0 heterocycles. The summed E-state index contributed by atoms with van der Waals surface area (Å²) < 4.78 is 0. The molecular weight excluding hydrogens is 246 g/mol. The Morgan fingerprint density at radius 2 is 1.89 bits per heavy atom. The van der Waals surface area contributed by atoms with E-state index in [1.807, 2.05) is 43.3 Å². The van der Waals surface area contributed by atoms with Crippen molar-refractivity contribution in [2.24, 2.45) is 0 Å². The van der Waals surface area contributed by atoms with E-state index in [9.17, 15) is 4.79 Å². The number of rotatable bonds is 3. The molecule has 0 saturated heterocycles. The topological polar surface area (TPSA) is 29.1 Å². The van der Waals surface area contributed by atoms with Crippen LogP contribution in [0.5, 0.6) is 0 Å². The number of hydrogen-bond donors (Lipinski definition) is 1. The molecule has 0 saturated carbocycles. The van der Waals surface area contributed by atoms with E-state index in [2.05, 4.69) is 5.32 Å². The first kappa shape index (κ1) is 12.7. The van der Waals surface area contributed by atoms with Crippen molar-refractivity contribution in [1.82, 2.24) is 0 Å². The van der Waals surface area contributed by atoms with Crippen molar-refractivity contribution in [2.45, 2.75) is 13.3 Å². The summed E-state index contributed by atoms with van der Waals surface area (Å²) in [5.74, 6) is -0.0406. The Morgan fingerprint density at radius 1 is 1.17 bits per heavy atom. The molecule has 2 nitrogen and oxygen atoms in total. The average Bonchev–Trinajstić information content (AvgIpc) is 2.32. The molecule has 0 radical (unpaired) electrons. The molecule has 0 aliphatic rings. The van der Waals surface area contributed by atoms with E-state index in [1.165, 1.54) is 5.56 Å². The van der Waals surface area contributed by atoms with Crippen LogP contribution >= 0.6 is 11.6 Å². The van der Waals surface area contributed by atoms with E-state index in [4.69, 9.17) is 11.6 Å². The maximum absolute atomic E-state index is 11.8. The first-order valence-electron chi connectivity index (χ1n) is 5.74. The Balaban J connectivity index is 1.98. The van der Waals surface area contributed by atoms with E-state index in [0.717, 1.165) is 11.3 Å². The van der Waals surface area contributed by atoms with Crippen LogP contribution in [0.2, 0.25) is 5.02 Å². The van der Waals surface area contributed by atoms with Crippen LogP contribution in [-0.2, 0) is 11.2 Å². The molecule has 3 heteroatoms. The second kappa shape index (κ2) is 5.69. The average molecular weight is 260 g/mol. The third kappa shape index (κ3) is 3.60. The molecule has 0 fully saturated rings. The summed E-state index contributed by atoms with van der Waals surface area (Å²) in [4.78, 5) is 11.8. The summed E-state index contributed by atoms with van der Waals surface area (Å²) >= 11 is 5.87. The number of amides is 1. The number of carbonyl (C=O) groups is 1. The van der Waals surface area contributed by atoms with Crippen molar-refractivity contribution in [2.75, 3.05) is 5.32 Å². The lowest BCUT2D eigenvalue weighted by Gasteiger charge is -2.06. The molecule has 0 atom stereocenters. The molecule has 0 spiro atoms. The molecular formula is C15H14ClNO. The van der Waals surface area contributed by atoms with Gasteiger partial charge in [-0.2, -0.15) is 0 Å².